The summed E-state index contributed by atoms with van der Waals surface area (Å²) in [5.74, 6) is 1.96. The van der Waals surface area contributed by atoms with Gasteiger partial charge in [0.2, 0.25) is 5.89 Å². The van der Waals surface area contributed by atoms with Crippen LogP contribution >= 0.6 is 0 Å². The molecule has 0 aliphatic heterocycles. The number of nitrogens with one attached hydrogen (secondary N) is 1. The van der Waals surface area contributed by atoms with Crippen LogP contribution in [0, 0.1) is 0 Å². The van der Waals surface area contributed by atoms with Crippen molar-refractivity contribution in [3.63, 3.8) is 0 Å². The first-order valence-electron chi connectivity index (χ1n) is 5.79. The van der Waals surface area contributed by atoms with E-state index in [0.29, 0.717) is 11.7 Å². The highest BCUT2D eigenvalue weighted by Gasteiger charge is 2.30. The molecule has 3 rings (SSSR count). The summed E-state index contributed by atoms with van der Waals surface area (Å²) in [4.78, 5) is 8.47. The van der Waals surface area contributed by atoms with Crippen LogP contribution in [0.15, 0.2) is 29.0 Å². The molecule has 1 aliphatic carbocycles. The molecule has 0 radical (unpaired) electrons. The van der Waals surface area contributed by atoms with E-state index in [0.717, 1.165) is 11.5 Å². The predicted octanol–water partition coefficient (Wildman–Crippen LogP) is 1.65. The van der Waals surface area contributed by atoms with Crippen LogP contribution in [-0.4, -0.2) is 22.2 Å². The lowest BCUT2D eigenvalue weighted by Crippen LogP contribution is -2.19. The van der Waals surface area contributed by atoms with Crippen molar-refractivity contribution in [1.29, 1.82) is 0 Å². The first kappa shape index (κ1) is 10.4. The summed E-state index contributed by atoms with van der Waals surface area (Å²) >= 11 is 0. The summed E-state index contributed by atoms with van der Waals surface area (Å²) in [5.41, 5.74) is 1.09. The van der Waals surface area contributed by atoms with Gasteiger partial charge in [-0.25, -0.2) is 0 Å². The fraction of sp³-hybridized carbons (Fsp3) is 0.417. The van der Waals surface area contributed by atoms with E-state index in [-0.39, 0.29) is 6.04 Å². The lowest BCUT2D eigenvalue weighted by molar-refractivity contribution is 0.370. The molecule has 2 heterocycles. The van der Waals surface area contributed by atoms with Crippen molar-refractivity contribution in [2.24, 2.45) is 0 Å². The predicted molar refractivity (Wildman–Crippen MR) is 61.4 cm³/mol. The highest BCUT2D eigenvalue weighted by atomic mass is 16.5. The third-order valence-corrected chi connectivity index (χ3v) is 2.97. The fourth-order valence-electron chi connectivity index (χ4n) is 1.86. The van der Waals surface area contributed by atoms with Gasteiger partial charge in [-0.1, -0.05) is 5.16 Å². The standard InChI is InChI=1S/C12H14N4O/c1-13-10(8-4-6-14-7-5-8)11-15-12(17-16-11)9-2-3-9/h4-7,9-10,13H,2-3H2,1H3/t10-/m0/s1. The molecule has 17 heavy (non-hydrogen) atoms. The smallest absolute Gasteiger partial charge is 0.229 e. The van der Waals surface area contributed by atoms with Crippen molar-refractivity contribution in [2.75, 3.05) is 7.05 Å². The molecule has 1 saturated carbocycles. The highest BCUT2D eigenvalue weighted by molar-refractivity contribution is 5.22. The Kier molecular flexibility index (Phi) is 2.60. The minimum absolute atomic E-state index is 0.0331. The third-order valence-electron chi connectivity index (χ3n) is 2.97. The lowest BCUT2D eigenvalue weighted by atomic mass is 10.1. The summed E-state index contributed by atoms with van der Waals surface area (Å²) in [5, 5.41) is 7.25. The van der Waals surface area contributed by atoms with Crippen molar-refractivity contribution in [3.8, 4) is 0 Å². The number of rotatable bonds is 4. The van der Waals surface area contributed by atoms with Crippen LogP contribution in [0.3, 0.4) is 0 Å². The van der Waals surface area contributed by atoms with Crippen LogP contribution in [0.2, 0.25) is 0 Å². The van der Waals surface area contributed by atoms with Gasteiger partial charge in [-0.3, -0.25) is 4.98 Å². The summed E-state index contributed by atoms with van der Waals surface area (Å²) in [6.07, 6.45) is 5.87. The van der Waals surface area contributed by atoms with Gasteiger partial charge in [0.25, 0.3) is 0 Å². The summed E-state index contributed by atoms with van der Waals surface area (Å²) in [7, 11) is 1.89. The fourth-order valence-corrected chi connectivity index (χ4v) is 1.86. The van der Waals surface area contributed by atoms with Crippen molar-refractivity contribution >= 4 is 0 Å². The maximum absolute atomic E-state index is 5.28. The van der Waals surface area contributed by atoms with Crippen molar-refractivity contribution in [2.45, 2.75) is 24.8 Å². The average Bonchev–Trinajstić information content (AvgIpc) is 3.12. The molecule has 0 amide bonds. The Morgan fingerprint density at radius 1 is 1.35 bits per heavy atom. The van der Waals surface area contributed by atoms with Gasteiger partial charge in [-0.2, -0.15) is 4.98 Å². The van der Waals surface area contributed by atoms with Gasteiger partial charge in [0.05, 0.1) is 6.04 Å². The van der Waals surface area contributed by atoms with Crippen LogP contribution < -0.4 is 5.32 Å². The van der Waals surface area contributed by atoms with E-state index in [4.69, 9.17) is 4.52 Å². The Hall–Kier alpha value is -1.75. The molecule has 5 heteroatoms. The number of pyridine rings is 1. The van der Waals surface area contributed by atoms with E-state index in [1.807, 2.05) is 19.2 Å². The molecule has 0 spiro atoms. The molecule has 0 bridgehead atoms. The van der Waals surface area contributed by atoms with E-state index in [9.17, 15) is 0 Å². The Morgan fingerprint density at radius 3 is 2.76 bits per heavy atom. The zero-order valence-corrected chi connectivity index (χ0v) is 9.63. The number of hydrogen-bond donors (Lipinski definition) is 1. The zero-order valence-electron chi connectivity index (χ0n) is 9.63. The van der Waals surface area contributed by atoms with Crippen LogP contribution in [0.5, 0.6) is 0 Å². The second-order valence-electron chi connectivity index (χ2n) is 4.27. The Bertz CT molecular complexity index is 492. The number of nitrogens with zero attached hydrogens (tertiary/aromatic N) is 3. The topological polar surface area (TPSA) is 63.8 Å². The van der Waals surface area contributed by atoms with Gasteiger partial charge in [0.15, 0.2) is 5.82 Å². The molecular formula is C12H14N4O. The van der Waals surface area contributed by atoms with Gasteiger partial charge >= 0.3 is 0 Å². The van der Waals surface area contributed by atoms with E-state index in [1.54, 1.807) is 12.4 Å². The summed E-state index contributed by atoms with van der Waals surface area (Å²) in [6, 6.07) is 3.87. The normalized spacial score (nSPS) is 17.0. The molecule has 2 aromatic heterocycles. The molecule has 0 saturated heterocycles. The molecule has 1 aliphatic rings. The molecule has 1 atom stereocenters. The quantitative estimate of drug-likeness (QED) is 0.865. The Labute approximate surface area is 99.3 Å². The van der Waals surface area contributed by atoms with Crippen molar-refractivity contribution in [3.05, 3.63) is 41.8 Å². The van der Waals surface area contributed by atoms with Gasteiger partial charge in [0.1, 0.15) is 0 Å². The van der Waals surface area contributed by atoms with Crippen LogP contribution in [0.4, 0.5) is 0 Å². The third kappa shape index (κ3) is 2.06. The minimum atomic E-state index is -0.0331. The van der Waals surface area contributed by atoms with E-state index in [2.05, 4.69) is 20.4 Å². The van der Waals surface area contributed by atoms with E-state index in [1.165, 1.54) is 12.8 Å². The Balaban J connectivity index is 1.88. The Morgan fingerprint density at radius 2 is 2.12 bits per heavy atom. The van der Waals surface area contributed by atoms with Crippen LogP contribution in [0.1, 0.15) is 42.1 Å². The molecular weight excluding hydrogens is 216 g/mol. The van der Waals surface area contributed by atoms with Crippen molar-refractivity contribution in [1.82, 2.24) is 20.4 Å². The minimum Gasteiger partial charge on any atom is -0.339 e. The number of aromatic nitrogens is 3. The SMILES string of the molecule is CN[C@@H](c1ccncc1)c1noc(C2CC2)n1. The van der Waals surface area contributed by atoms with Gasteiger partial charge in [-0.15, -0.1) is 0 Å². The molecule has 2 aromatic rings. The molecule has 0 aromatic carbocycles. The molecule has 1 fully saturated rings. The van der Waals surface area contributed by atoms with Gasteiger partial charge in [-0.05, 0) is 37.6 Å². The first-order chi connectivity index (χ1) is 8.38. The molecule has 88 valence electrons. The van der Waals surface area contributed by atoms with E-state index >= 15 is 0 Å². The summed E-state index contributed by atoms with van der Waals surface area (Å²) < 4.78 is 5.28. The molecule has 1 N–H and O–H groups in total. The van der Waals surface area contributed by atoms with Gasteiger partial charge in [0, 0.05) is 18.3 Å². The zero-order chi connectivity index (χ0) is 11.7. The largest absolute Gasteiger partial charge is 0.339 e. The van der Waals surface area contributed by atoms with Crippen LogP contribution in [0.25, 0.3) is 0 Å². The molecule has 0 unspecified atom stereocenters. The van der Waals surface area contributed by atoms with Gasteiger partial charge < -0.3 is 9.84 Å². The lowest BCUT2D eigenvalue weighted by Gasteiger charge is -2.11. The average molecular weight is 230 g/mol. The second-order valence-corrected chi connectivity index (χ2v) is 4.27. The van der Waals surface area contributed by atoms with E-state index < -0.39 is 0 Å². The maximum Gasteiger partial charge on any atom is 0.229 e. The maximum atomic E-state index is 5.28. The highest BCUT2D eigenvalue weighted by Crippen LogP contribution is 2.39. The number of hydrogen-bond acceptors (Lipinski definition) is 5. The monoisotopic (exact) mass is 230 g/mol. The second kappa shape index (κ2) is 4.25. The van der Waals surface area contributed by atoms with Crippen LogP contribution in [-0.2, 0) is 0 Å². The van der Waals surface area contributed by atoms with Crippen molar-refractivity contribution < 1.29 is 4.52 Å². The first-order valence-corrected chi connectivity index (χ1v) is 5.79. The summed E-state index contributed by atoms with van der Waals surface area (Å²) in [6.45, 7) is 0. The molecule has 5 nitrogen and oxygen atoms in total.